The zero-order valence-corrected chi connectivity index (χ0v) is 31.4. The van der Waals surface area contributed by atoms with Gasteiger partial charge in [-0.15, -0.1) is 0 Å². The number of oxime groups is 1. The number of hydrogen-bond donors (Lipinski definition) is 2. The Balaban J connectivity index is 1.20. The van der Waals surface area contributed by atoms with Gasteiger partial charge in [-0.3, -0.25) is 4.79 Å². The van der Waals surface area contributed by atoms with E-state index in [2.05, 4.69) is 56.8 Å². The van der Waals surface area contributed by atoms with Crippen LogP contribution in [0.4, 0.5) is 20.6 Å². The van der Waals surface area contributed by atoms with Crippen LogP contribution in [0.15, 0.2) is 186 Å². The molecular weight excluding hydrogens is 730 g/mol. The molecule has 0 bridgehead atoms. The Hall–Kier alpha value is -7.66. The minimum Gasteiger partial charge on any atom is -0.399 e. The van der Waals surface area contributed by atoms with Crippen LogP contribution in [0.5, 0.6) is 0 Å². The second-order valence-corrected chi connectivity index (χ2v) is 13.5. The smallest absolute Gasteiger partial charge is 0.321 e. The van der Waals surface area contributed by atoms with Gasteiger partial charge in [-0.2, -0.15) is 0 Å². The number of para-hydroxylation sites is 1. The number of imidazole rings is 1. The van der Waals surface area contributed by atoms with Crippen molar-refractivity contribution in [1.82, 2.24) is 14.9 Å². The largest absolute Gasteiger partial charge is 0.399 e. The number of hydrogen-bond acceptors (Lipinski definition) is 6. The van der Waals surface area contributed by atoms with Crippen molar-refractivity contribution >= 4 is 35.2 Å². The molecule has 1 atom stereocenters. The summed E-state index contributed by atoms with van der Waals surface area (Å²) in [5.41, 5.74) is 5.32. The van der Waals surface area contributed by atoms with Gasteiger partial charge in [0.15, 0.2) is 0 Å². The molecule has 10 nitrogen and oxygen atoms in total. The summed E-state index contributed by atoms with van der Waals surface area (Å²) in [7, 11) is 1.44. The Morgan fingerprint density at radius 2 is 1.40 bits per heavy atom. The molecule has 6 aromatic carbocycles. The fourth-order valence-corrected chi connectivity index (χ4v) is 7.43. The van der Waals surface area contributed by atoms with Crippen molar-refractivity contribution in [2.24, 2.45) is 10.1 Å². The van der Waals surface area contributed by atoms with Crippen LogP contribution >= 0.6 is 0 Å². The van der Waals surface area contributed by atoms with Crippen molar-refractivity contribution in [2.75, 3.05) is 17.3 Å². The quantitative estimate of drug-likeness (QED) is 0.0783. The number of urea groups is 1. The highest BCUT2D eigenvalue weighted by Crippen LogP contribution is 2.41. The lowest BCUT2D eigenvalue weighted by Crippen LogP contribution is -2.48. The van der Waals surface area contributed by atoms with Crippen molar-refractivity contribution < 1.29 is 18.8 Å². The fraction of sp³-hybridized carbons (Fsp3) is 0.0851. The molecule has 8 rings (SSSR count). The van der Waals surface area contributed by atoms with Crippen molar-refractivity contribution in [3.05, 3.63) is 221 Å². The van der Waals surface area contributed by atoms with Crippen LogP contribution < -0.4 is 15.5 Å². The topological polar surface area (TPSA) is 113 Å². The Morgan fingerprint density at radius 3 is 2.03 bits per heavy atom. The molecule has 1 aliphatic rings. The van der Waals surface area contributed by atoms with Crippen LogP contribution in [0.25, 0.3) is 0 Å². The average molecular weight is 768 g/mol. The molecule has 0 saturated carbocycles. The first kappa shape index (κ1) is 37.3. The van der Waals surface area contributed by atoms with Gasteiger partial charge in [-0.25, -0.2) is 19.2 Å². The third-order valence-electron chi connectivity index (χ3n) is 9.97. The molecule has 0 saturated heterocycles. The lowest BCUT2D eigenvalue weighted by atomic mass is 9.77. The maximum absolute atomic E-state index is 15.6. The van der Waals surface area contributed by atoms with E-state index in [1.54, 1.807) is 71.9 Å². The molecule has 0 aliphatic carbocycles. The van der Waals surface area contributed by atoms with E-state index >= 15 is 4.39 Å². The summed E-state index contributed by atoms with van der Waals surface area (Å²) in [5.74, 6) is -1.06. The van der Waals surface area contributed by atoms with E-state index in [-0.39, 0.29) is 17.8 Å². The molecule has 58 heavy (non-hydrogen) atoms. The summed E-state index contributed by atoms with van der Waals surface area (Å²) in [5, 5.41) is 9.32. The van der Waals surface area contributed by atoms with Crippen LogP contribution in [0.2, 0.25) is 0 Å². The highest BCUT2D eigenvalue weighted by molar-refractivity contribution is 6.20. The number of benzene rings is 6. The van der Waals surface area contributed by atoms with Crippen LogP contribution in [0, 0.1) is 5.82 Å². The molecule has 11 heteroatoms. The lowest BCUT2D eigenvalue weighted by Gasteiger charge is -2.37. The Bertz CT molecular complexity index is 2520. The van der Waals surface area contributed by atoms with Crippen LogP contribution in [0.1, 0.15) is 39.1 Å². The van der Waals surface area contributed by atoms with E-state index < -0.39 is 29.5 Å². The van der Waals surface area contributed by atoms with Gasteiger partial charge in [0, 0.05) is 23.0 Å². The van der Waals surface area contributed by atoms with Gasteiger partial charge < -0.3 is 24.9 Å². The number of anilines is 2. The Kier molecular flexibility index (Phi) is 10.7. The van der Waals surface area contributed by atoms with Gasteiger partial charge in [0.2, 0.25) is 6.17 Å². The molecule has 2 N–H and O–H groups in total. The zero-order valence-electron chi connectivity index (χ0n) is 31.4. The fourth-order valence-electron chi connectivity index (χ4n) is 7.43. The predicted octanol–water partition coefficient (Wildman–Crippen LogP) is 8.37. The third-order valence-corrected chi connectivity index (χ3v) is 9.97. The molecule has 0 spiro atoms. The number of fused-ring (bicyclic) bond motifs is 1. The normalized spacial score (nSPS) is 14.0. The summed E-state index contributed by atoms with van der Waals surface area (Å²) in [6.07, 6.45) is 3.79. The molecule has 0 fully saturated rings. The number of rotatable bonds is 11. The Labute approximate surface area is 335 Å². The van der Waals surface area contributed by atoms with E-state index in [1.165, 1.54) is 19.4 Å². The minimum atomic E-state index is -1.45. The number of nitrogens with zero attached hydrogens (tertiary/aromatic N) is 5. The highest BCUT2D eigenvalue weighted by Gasteiger charge is 2.39. The van der Waals surface area contributed by atoms with E-state index in [0.29, 0.717) is 28.2 Å². The van der Waals surface area contributed by atoms with Crippen LogP contribution in [-0.4, -0.2) is 46.7 Å². The number of amides is 3. The van der Waals surface area contributed by atoms with E-state index in [0.717, 1.165) is 16.7 Å². The molecular formula is C47H38FN7O3. The van der Waals surface area contributed by atoms with Crippen molar-refractivity contribution in [3.8, 4) is 0 Å². The first-order valence-corrected chi connectivity index (χ1v) is 18.6. The van der Waals surface area contributed by atoms with Gasteiger partial charge >= 0.3 is 6.03 Å². The van der Waals surface area contributed by atoms with Crippen molar-refractivity contribution in [3.63, 3.8) is 0 Å². The second-order valence-electron chi connectivity index (χ2n) is 13.5. The SMILES string of the molecule is CO/N=C/c1cccc(NC(=O)N[C@@H]2N=C(c3ccccc3F)c3ccccc3N(Cc3cn(C(c4ccccc4)(c4ccccc4)c4ccccc4)cn3)C2=O)c1. The van der Waals surface area contributed by atoms with Gasteiger partial charge in [-0.05, 0) is 52.6 Å². The van der Waals surface area contributed by atoms with Crippen molar-refractivity contribution in [2.45, 2.75) is 18.2 Å². The van der Waals surface area contributed by atoms with Gasteiger partial charge in [0.1, 0.15) is 18.5 Å². The number of halogens is 1. The van der Waals surface area contributed by atoms with Crippen LogP contribution in [0.3, 0.4) is 0 Å². The lowest BCUT2D eigenvalue weighted by molar-refractivity contribution is -0.120. The molecule has 7 aromatic rings. The van der Waals surface area contributed by atoms with E-state index in [9.17, 15) is 9.59 Å². The zero-order chi connectivity index (χ0) is 39.9. The molecule has 3 amide bonds. The minimum absolute atomic E-state index is 0.0120. The maximum atomic E-state index is 15.6. The number of aromatic nitrogens is 2. The predicted molar refractivity (Wildman–Crippen MR) is 223 cm³/mol. The van der Waals surface area contributed by atoms with Gasteiger partial charge in [0.25, 0.3) is 5.91 Å². The first-order chi connectivity index (χ1) is 28.4. The van der Waals surface area contributed by atoms with Crippen molar-refractivity contribution in [1.29, 1.82) is 0 Å². The third kappa shape index (κ3) is 7.36. The Morgan fingerprint density at radius 1 is 0.793 bits per heavy atom. The van der Waals surface area contributed by atoms with E-state index in [4.69, 9.17) is 14.8 Å². The molecule has 2 heterocycles. The summed E-state index contributed by atoms with van der Waals surface area (Å²) in [6, 6.07) is 50.3. The standard InChI is InChI=1S/C47H38FN7O3/c1-58-50-29-33-16-15-23-37(28-33)51-46(57)53-44-45(56)55(42-27-14-12-25-40(42)43(52-44)39-24-11-13-26-41(39)48)31-38-30-54(32-49-38)47(34-17-5-2-6-18-34,35-19-7-3-8-20-35)36-21-9-4-10-22-36/h2-30,32,44H,31H2,1H3,(H2,51,53,57)/b50-29+/t44-/m0/s1. The monoisotopic (exact) mass is 767 g/mol. The summed E-state index contributed by atoms with van der Waals surface area (Å²) in [6.45, 7) is 0.0120. The van der Waals surface area contributed by atoms with Gasteiger partial charge in [0.05, 0.1) is 36.2 Å². The molecule has 0 radical (unpaired) electrons. The number of benzodiazepines with no additional fused rings is 1. The molecule has 0 unspecified atom stereocenters. The second kappa shape index (κ2) is 16.6. The summed E-state index contributed by atoms with van der Waals surface area (Å²) < 4.78 is 17.6. The van der Waals surface area contributed by atoms with E-state index in [1.807, 2.05) is 66.9 Å². The molecule has 1 aliphatic heterocycles. The van der Waals surface area contributed by atoms with Gasteiger partial charge in [-0.1, -0.05) is 139 Å². The molecule has 286 valence electrons. The summed E-state index contributed by atoms with van der Waals surface area (Å²) >= 11 is 0. The maximum Gasteiger partial charge on any atom is 0.321 e. The average Bonchev–Trinajstić information content (AvgIpc) is 3.70. The first-order valence-electron chi connectivity index (χ1n) is 18.6. The number of carbonyl (C=O) groups is 2. The number of aliphatic imine (C=N–C) groups is 1. The van der Waals surface area contributed by atoms with Crippen LogP contribution in [-0.2, 0) is 21.7 Å². The summed E-state index contributed by atoms with van der Waals surface area (Å²) in [4.78, 5) is 44.4. The number of carbonyl (C=O) groups excluding carboxylic acids is 2. The number of nitrogens with one attached hydrogen (secondary N) is 2. The molecule has 1 aromatic heterocycles. The highest BCUT2D eigenvalue weighted by atomic mass is 19.1.